The van der Waals surface area contributed by atoms with E-state index in [9.17, 15) is 22.4 Å². The lowest BCUT2D eigenvalue weighted by molar-refractivity contribution is -0.126. The Balaban J connectivity index is 1.40. The molecular formula is C27H32F4N8O2. The molecule has 1 amide bonds. The maximum atomic E-state index is 14.7. The van der Waals surface area contributed by atoms with Crippen LogP contribution >= 0.6 is 0 Å². The lowest BCUT2D eigenvalue weighted by atomic mass is 10.0. The van der Waals surface area contributed by atoms with Gasteiger partial charge in [-0.25, -0.2) is 8.91 Å². The summed E-state index contributed by atoms with van der Waals surface area (Å²) >= 11 is 0. The van der Waals surface area contributed by atoms with Gasteiger partial charge in [0.25, 0.3) is 5.91 Å². The fourth-order valence-corrected chi connectivity index (χ4v) is 4.82. The molecule has 1 aliphatic heterocycles. The van der Waals surface area contributed by atoms with Gasteiger partial charge in [-0.1, -0.05) is 11.2 Å². The summed E-state index contributed by atoms with van der Waals surface area (Å²) in [6.07, 6.45) is -2.93. The van der Waals surface area contributed by atoms with Crippen molar-refractivity contribution in [3.63, 3.8) is 0 Å². The van der Waals surface area contributed by atoms with Crippen LogP contribution in [0.1, 0.15) is 49.0 Å². The topological polar surface area (TPSA) is 106 Å². The number of pyridine rings is 1. The molecule has 0 saturated carbocycles. The number of nitrogens with zero attached hydrogens (tertiary/aromatic N) is 6. The van der Waals surface area contributed by atoms with Gasteiger partial charge in [-0.15, -0.1) is 0 Å². The number of aromatic nitrogens is 5. The molecule has 2 atom stereocenters. The molecule has 5 rings (SSSR count). The highest BCUT2D eigenvalue weighted by molar-refractivity contribution is 5.93. The first-order chi connectivity index (χ1) is 19.3. The fraction of sp³-hybridized carbons (Fsp3) is 0.481. The number of carbonyl (C=O) groups is 1. The van der Waals surface area contributed by atoms with Crippen LogP contribution in [0, 0.1) is 0 Å². The average Bonchev–Trinajstić information content (AvgIpc) is 3.63. The Morgan fingerprint density at radius 3 is 2.66 bits per heavy atom. The molecule has 1 saturated heterocycles. The molecule has 0 spiro atoms. The van der Waals surface area contributed by atoms with Crippen molar-refractivity contribution >= 4 is 17.2 Å². The van der Waals surface area contributed by atoms with Gasteiger partial charge in [-0.3, -0.25) is 4.79 Å². The smallest absolute Gasteiger partial charge is 0.364 e. The van der Waals surface area contributed by atoms with Crippen molar-refractivity contribution in [2.24, 2.45) is 0 Å². The molecule has 0 radical (unpaired) electrons. The zero-order chi connectivity index (χ0) is 29.5. The Morgan fingerprint density at radius 2 is 1.98 bits per heavy atom. The molecule has 14 heteroatoms. The van der Waals surface area contributed by atoms with E-state index in [1.54, 1.807) is 30.6 Å². The van der Waals surface area contributed by atoms with Crippen molar-refractivity contribution in [1.82, 2.24) is 34.5 Å². The molecule has 5 heterocycles. The Hall–Kier alpha value is -3.94. The van der Waals surface area contributed by atoms with E-state index in [0.29, 0.717) is 24.3 Å². The van der Waals surface area contributed by atoms with Crippen molar-refractivity contribution < 1.29 is 26.9 Å². The number of hydrogen-bond donors (Lipinski definition) is 2. The van der Waals surface area contributed by atoms with E-state index in [0.717, 1.165) is 0 Å². The second-order valence-corrected chi connectivity index (χ2v) is 11.3. The van der Waals surface area contributed by atoms with Gasteiger partial charge in [0.05, 0.1) is 30.1 Å². The van der Waals surface area contributed by atoms with Gasteiger partial charge in [0, 0.05) is 36.6 Å². The van der Waals surface area contributed by atoms with E-state index in [2.05, 4.69) is 25.9 Å². The molecule has 0 bridgehead atoms. The van der Waals surface area contributed by atoms with Crippen LogP contribution in [-0.4, -0.2) is 73.7 Å². The number of fused-ring (bicyclic) bond motifs is 1. The third-order valence-electron chi connectivity index (χ3n) is 7.02. The van der Waals surface area contributed by atoms with Crippen LogP contribution in [0.5, 0.6) is 0 Å². The van der Waals surface area contributed by atoms with E-state index in [-0.39, 0.29) is 53.0 Å². The standard InChI is InChI=1S/C27H32F4N8O2/c1-26(2,3)38-11-8-16(14-38)25(40)32-13-22-34-24(36-41-22)23-17(12-27(29,30)31)20-6-5-7-21(39(20)35-23)33-19-9-10-37(4)15-18(19)28/h5-8,11,14,18-19,33H,9-10,12-13,15H2,1-4H3,(H,32,40)/t18-,19+/m0/s1. The van der Waals surface area contributed by atoms with Crippen LogP contribution < -0.4 is 10.6 Å². The number of piperidine rings is 1. The first kappa shape index (κ1) is 28.6. The first-order valence-electron chi connectivity index (χ1n) is 13.2. The molecule has 2 N–H and O–H groups in total. The third kappa shape index (κ3) is 6.37. The summed E-state index contributed by atoms with van der Waals surface area (Å²) in [7, 11) is 1.83. The second kappa shape index (κ2) is 10.8. The molecule has 41 heavy (non-hydrogen) atoms. The van der Waals surface area contributed by atoms with Crippen LogP contribution in [0.15, 0.2) is 41.2 Å². The number of rotatable bonds is 7. The Labute approximate surface area is 233 Å². The number of carbonyl (C=O) groups excluding carboxylic acids is 1. The van der Waals surface area contributed by atoms with Gasteiger partial charge < -0.3 is 24.6 Å². The quantitative estimate of drug-likeness (QED) is 0.314. The Kier molecular flexibility index (Phi) is 7.53. The molecule has 220 valence electrons. The van der Waals surface area contributed by atoms with Gasteiger partial charge in [-0.05, 0) is 52.4 Å². The van der Waals surface area contributed by atoms with E-state index in [4.69, 9.17) is 4.52 Å². The predicted octanol–water partition coefficient (Wildman–Crippen LogP) is 4.43. The Morgan fingerprint density at radius 1 is 1.20 bits per heavy atom. The largest absolute Gasteiger partial charge is 0.393 e. The van der Waals surface area contributed by atoms with Crippen LogP contribution in [0.2, 0.25) is 0 Å². The third-order valence-corrected chi connectivity index (χ3v) is 7.02. The van der Waals surface area contributed by atoms with Crippen molar-refractivity contribution in [2.45, 2.75) is 64.1 Å². The molecule has 4 aromatic rings. The lowest BCUT2D eigenvalue weighted by Gasteiger charge is -2.33. The number of nitrogens with one attached hydrogen (secondary N) is 2. The van der Waals surface area contributed by atoms with Gasteiger partial charge >= 0.3 is 6.18 Å². The molecule has 0 unspecified atom stereocenters. The molecule has 10 nitrogen and oxygen atoms in total. The summed E-state index contributed by atoms with van der Waals surface area (Å²) in [5, 5.41) is 14.1. The summed E-state index contributed by atoms with van der Waals surface area (Å²) in [4.78, 5) is 18.7. The number of alkyl halides is 4. The maximum Gasteiger partial charge on any atom is 0.393 e. The minimum Gasteiger partial charge on any atom is -0.364 e. The van der Waals surface area contributed by atoms with Crippen molar-refractivity contribution in [1.29, 1.82) is 0 Å². The number of halogens is 4. The highest BCUT2D eigenvalue weighted by Gasteiger charge is 2.34. The minimum atomic E-state index is -4.54. The number of amides is 1. The highest BCUT2D eigenvalue weighted by Crippen LogP contribution is 2.33. The molecular weight excluding hydrogens is 544 g/mol. The maximum absolute atomic E-state index is 14.7. The monoisotopic (exact) mass is 576 g/mol. The lowest BCUT2D eigenvalue weighted by Crippen LogP contribution is -2.46. The predicted molar refractivity (Wildman–Crippen MR) is 143 cm³/mol. The van der Waals surface area contributed by atoms with Crippen LogP contribution in [0.25, 0.3) is 17.0 Å². The molecule has 4 aromatic heterocycles. The van der Waals surface area contributed by atoms with Gasteiger partial charge in [-0.2, -0.15) is 23.3 Å². The zero-order valence-electron chi connectivity index (χ0n) is 23.2. The number of anilines is 1. The van der Waals surface area contributed by atoms with Gasteiger partial charge in [0.2, 0.25) is 11.7 Å². The van der Waals surface area contributed by atoms with E-state index < -0.39 is 24.8 Å². The minimum absolute atomic E-state index is 0.00330. The zero-order valence-corrected chi connectivity index (χ0v) is 23.2. The van der Waals surface area contributed by atoms with E-state index in [1.165, 1.54) is 10.6 Å². The molecule has 1 aliphatic rings. The van der Waals surface area contributed by atoms with Crippen molar-refractivity contribution in [3.05, 3.63) is 53.7 Å². The first-order valence-corrected chi connectivity index (χ1v) is 13.2. The summed E-state index contributed by atoms with van der Waals surface area (Å²) < 4.78 is 64.1. The van der Waals surface area contributed by atoms with Gasteiger partial charge in [0.1, 0.15) is 17.7 Å². The van der Waals surface area contributed by atoms with Crippen LogP contribution in [0.3, 0.4) is 0 Å². The summed E-state index contributed by atoms with van der Waals surface area (Å²) in [5.74, 6) is -0.158. The summed E-state index contributed by atoms with van der Waals surface area (Å²) in [6, 6.07) is 5.90. The molecule has 0 aliphatic carbocycles. The average molecular weight is 577 g/mol. The second-order valence-electron chi connectivity index (χ2n) is 11.3. The van der Waals surface area contributed by atoms with Gasteiger partial charge in [0.15, 0.2) is 0 Å². The number of likely N-dealkylation sites (tertiary alicyclic amines) is 1. The fourth-order valence-electron chi connectivity index (χ4n) is 4.82. The van der Waals surface area contributed by atoms with Crippen LogP contribution in [0.4, 0.5) is 23.4 Å². The van der Waals surface area contributed by atoms with E-state index >= 15 is 0 Å². The van der Waals surface area contributed by atoms with E-state index in [1.807, 2.05) is 37.3 Å². The van der Waals surface area contributed by atoms with Crippen LogP contribution in [-0.2, 0) is 18.5 Å². The number of hydrogen-bond acceptors (Lipinski definition) is 7. The normalized spacial score (nSPS) is 18.6. The summed E-state index contributed by atoms with van der Waals surface area (Å²) in [6.45, 7) is 6.82. The highest BCUT2D eigenvalue weighted by atomic mass is 19.4. The van der Waals surface area contributed by atoms with Crippen molar-refractivity contribution in [2.75, 3.05) is 25.5 Å². The SMILES string of the molecule is CN1CC[C@@H](Nc2cccc3c(CC(F)(F)F)c(-c4noc(CNC(=O)c5ccn(C(C)(C)C)c5)n4)nn23)[C@@H](F)C1. The van der Waals surface area contributed by atoms with Crippen molar-refractivity contribution in [3.8, 4) is 11.5 Å². The molecule has 1 fully saturated rings. The summed E-state index contributed by atoms with van der Waals surface area (Å²) in [5.41, 5.74) is 0.181. The Bertz CT molecular complexity index is 1530. The molecule has 0 aromatic carbocycles.